The van der Waals surface area contributed by atoms with E-state index in [1.54, 1.807) is 4.57 Å². The number of aromatic nitrogens is 4. The molecule has 172 valence electrons. The monoisotopic (exact) mass is 441 g/mol. The van der Waals surface area contributed by atoms with Gasteiger partial charge in [-0.05, 0) is 38.3 Å². The number of hydrogen-bond donors (Lipinski definition) is 2. The second-order valence-corrected chi connectivity index (χ2v) is 8.72. The highest BCUT2D eigenvalue weighted by molar-refractivity contribution is 5.83. The minimum atomic E-state index is -0.314. The van der Waals surface area contributed by atoms with E-state index < -0.39 is 0 Å². The van der Waals surface area contributed by atoms with Crippen LogP contribution >= 0.6 is 0 Å². The van der Waals surface area contributed by atoms with Crippen LogP contribution in [-0.4, -0.2) is 44.7 Å². The van der Waals surface area contributed by atoms with E-state index in [4.69, 9.17) is 9.47 Å². The molecule has 0 saturated heterocycles. The Morgan fingerprint density at radius 1 is 1.22 bits per heavy atom. The predicted octanol–water partition coefficient (Wildman–Crippen LogP) is 3.27. The lowest BCUT2D eigenvalue weighted by Gasteiger charge is -2.21. The van der Waals surface area contributed by atoms with E-state index >= 15 is 0 Å². The van der Waals surface area contributed by atoms with Crippen LogP contribution in [0.5, 0.6) is 6.01 Å². The van der Waals surface area contributed by atoms with Crippen molar-refractivity contribution in [2.75, 3.05) is 19.0 Å². The Balaban J connectivity index is 2.01. The number of imidazole rings is 1. The number of esters is 1. The van der Waals surface area contributed by atoms with Gasteiger partial charge in [0, 0.05) is 5.54 Å². The maximum atomic E-state index is 12.8. The maximum Gasteiger partial charge on any atom is 0.328 e. The van der Waals surface area contributed by atoms with Crippen LogP contribution in [0.15, 0.2) is 29.1 Å². The fraction of sp³-hybridized carbons (Fsp3) is 0.478. The topological polar surface area (TPSA) is 111 Å². The number of rotatable bonds is 9. The number of benzene rings is 1. The summed E-state index contributed by atoms with van der Waals surface area (Å²) in [5, 5.41) is 3.33. The molecule has 3 aromatic rings. The van der Waals surface area contributed by atoms with Crippen LogP contribution in [0.1, 0.15) is 51.7 Å². The second-order valence-electron chi connectivity index (χ2n) is 8.72. The van der Waals surface area contributed by atoms with Crippen molar-refractivity contribution in [1.29, 1.82) is 0 Å². The van der Waals surface area contributed by atoms with Crippen molar-refractivity contribution in [3.8, 4) is 6.01 Å². The fourth-order valence-electron chi connectivity index (χ4n) is 3.23. The number of fused-ring (bicyclic) bond motifs is 1. The maximum absolute atomic E-state index is 12.8. The van der Waals surface area contributed by atoms with Gasteiger partial charge in [-0.25, -0.2) is 4.79 Å². The van der Waals surface area contributed by atoms with E-state index in [1.807, 2.05) is 45.0 Å². The molecule has 0 amide bonds. The third-order valence-corrected chi connectivity index (χ3v) is 4.73. The average molecular weight is 442 g/mol. The number of unbranched alkanes of at least 4 members (excludes halogenated alkanes) is 1. The molecule has 2 heterocycles. The van der Waals surface area contributed by atoms with Crippen LogP contribution in [-0.2, 0) is 22.5 Å². The van der Waals surface area contributed by atoms with E-state index in [2.05, 4.69) is 27.2 Å². The number of nitrogens with zero attached hydrogens (tertiary/aromatic N) is 3. The van der Waals surface area contributed by atoms with Crippen LogP contribution in [0.2, 0.25) is 0 Å². The smallest absolute Gasteiger partial charge is 0.328 e. The number of aromatic amines is 1. The number of H-pyrrole nitrogens is 1. The van der Waals surface area contributed by atoms with E-state index in [0.717, 1.165) is 24.0 Å². The van der Waals surface area contributed by atoms with E-state index in [9.17, 15) is 9.59 Å². The summed E-state index contributed by atoms with van der Waals surface area (Å²) in [7, 11) is 1.36. The molecule has 0 saturated carbocycles. The van der Waals surface area contributed by atoms with Crippen molar-refractivity contribution in [3.63, 3.8) is 0 Å². The summed E-state index contributed by atoms with van der Waals surface area (Å²) in [4.78, 5) is 36.4. The number of carbonyl (C=O) groups is 1. The summed E-state index contributed by atoms with van der Waals surface area (Å²) in [5.74, 6) is 0.204. The Morgan fingerprint density at radius 3 is 2.66 bits per heavy atom. The Hall–Kier alpha value is -3.36. The Labute approximate surface area is 187 Å². The van der Waals surface area contributed by atoms with E-state index in [0.29, 0.717) is 23.6 Å². The molecule has 3 rings (SSSR count). The van der Waals surface area contributed by atoms with E-state index in [1.165, 1.54) is 7.11 Å². The lowest BCUT2D eigenvalue weighted by atomic mass is 10.1. The van der Waals surface area contributed by atoms with Crippen LogP contribution < -0.4 is 15.7 Å². The summed E-state index contributed by atoms with van der Waals surface area (Å²) in [6.07, 6.45) is 2.05. The molecule has 2 aromatic heterocycles. The molecule has 2 N–H and O–H groups in total. The highest BCUT2D eigenvalue weighted by Crippen LogP contribution is 2.24. The van der Waals surface area contributed by atoms with Gasteiger partial charge >= 0.3 is 17.7 Å². The molecule has 0 aliphatic carbocycles. The third kappa shape index (κ3) is 5.87. The van der Waals surface area contributed by atoms with Gasteiger partial charge in [0.2, 0.25) is 0 Å². The minimum Gasteiger partial charge on any atom is -0.469 e. The molecule has 32 heavy (non-hydrogen) atoms. The summed E-state index contributed by atoms with van der Waals surface area (Å²) in [5.41, 5.74) is 2.10. The van der Waals surface area contributed by atoms with Gasteiger partial charge in [0.05, 0.1) is 26.7 Å². The molecular weight excluding hydrogens is 410 g/mol. The molecule has 0 spiro atoms. The third-order valence-electron chi connectivity index (χ3n) is 4.73. The Kier molecular flexibility index (Phi) is 7.17. The largest absolute Gasteiger partial charge is 0.469 e. The van der Waals surface area contributed by atoms with Crippen molar-refractivity contribution >= 4 is 23.0 Å². The minimum absolute atomic E-state index is 0.171. The molecule has 0 fully saturated rings. The van der Waals surface area contributed by atoms with Crippen LogP contribution in [0.3, 0.4) is 0 Å². The van der Waals surface area contributed by atoms with Crippen LogP contribution in [0.25, 0.3) is 11.2 Å². The van der Waals surface area contributed by atoms with Gasteiger partial charge in [-0.15, -0.1) is 0 Å². The summed E-state index contributed by atoms with van der Waals surface area (Å²) >= 11 is 0. The molecule has 0 atom stereocenters. The van der Waals surface area contributed by atoms with Crippen LogP contribution in [0, 0.1) is 0 Å². The van der Waals surface area contributed by atoms with Crippen molar-refractivity contribution in [1.82, 2.24) is 19.5 Å². The van der Waals surface area contributed by atoms with Crippen molar-refractivity contribution in [2.24, 2.45) is 0 Å². The zero-order valence-electron chi connectivity index (χ0n) is 19.3. The van der Waals surface area contributed by atoms with Crippen molar-refractivity contribution in [2.45, 2.75) is 59.0 Å². The number of ether oxygens (including phenoxy) is 2. The molecular formula is C23H31N5O4. The number of nitrogens with one attached hydrogen (secondary N) is 2. The molecule has 9 nitrogen and oxygen atoms in total. The number of anilines is 1. The number of hydrogen-bond acceptors (Lipinski definition) is 7. The first-order valence-corrected chi connectivity index (χ1v) is 10.8. The molecule has 1 aromatic carbocycles. The SMILES string of the molecule is CCCCOc1nc(NC(C)(C)C)c2[nH]c(=O)n(Cc3cccc(CC(=O)OC)c3)c2n1. The summed E-state index contributed by atoms with van der Waals surface area (Å²) in [6.45, 7) is 8.91. The fourth-order valence-corrected chi connectivity index (χ4v) is 3.23. The van der Waals surface area contributed by atoms with E-state index in [-0.39, 0.29) is 36.2 Å². The summed E-state index contributed by atoms with van der Waals surface area (Å²) in [6, 6.07) is 7.72. The predicted molar refractivity (Wildman–Crippen MR) is 123 cm³/mol. The first kappa shape index (κ1) is 23.3. The lowest BCUT2D eigenvalue weighted by Crippen LogP contribution is -2.27. The molecule has 0 aliphatic heterocycles. The quantitative estimate of drug-likeness (QED) is 0.387. The number of methoxy groups -OCH3 is 1. The molecule has 0 bridgehead atoms. The zero-order valence-corrected chi connectivity index (χ0v) is 19.3. The normalized spacial score (nSPS) is 11.5. The first-order chi connectivity index (χ1) is 15.2. The van der Waals surface area contributed by atoms with Gasteiger partial charge in [0.1, 0.15) is 5.52 Å². The van der Waals surface area contributed by atoms with Gasteiger partial charge in [0.15, 0.2) is 11.5 Å². The van der Waals surface area contributed by atoms with Crippen molar-refractivity contribution < 1.29 is 14.3 Å². The second kappa shape index (κ2) is 9.84. The van der Waals surface area contributed by atoms with Gasteiger partial charge in [-0.1, -0.05) is 37.6 Å². The highest BCUT2D eigenvalue weighted by atomic mass is 16.5. The molecule has 9 heteroatoms. The van der Waals surface area contributed by atoms with Crippen LogP contribution in [0.4, 0.5) is 5.82 Å². The Bertz CT molecular complexity index is 1140. The van der Waals surface area contributed by atoms with Crippen molar-refractivity contribution in [3.05, 3.63) is 45.9 Å². The number of carbonyl (C=O) groups excluding carboxylic acids is 1. The lowest BCUT2D eigenvalue weighted by molar-refractivity contribution is -0.139. The van der Waals surface area contributed by atoms with Gasteiger partial charge < -0.3 is 19.8 Å². The van der Waals surface area contributed by atoms with Gasteiger partial charge in [0.25, 0.3) is 0 Å². The zero-order chi connectivity index (χ0) is 23.3. The summed E-state index contributed by atoms with van der Waals surface area (Å²) < 4.78 is 12.1. The molecule has 0 radical (unpaired) electrons. The molecule has 0 unspecified atom stereocenters. The van der Waals surface area contributed by atoms with Gasteiger partial charge in [-0.2, -0.15) is 9.97 Å². The highest BCUT2D eigenvalue weighted by Gasteiger charge is 2.20. The van der Waals surface area contributed by atoms with Gasteiger partial charge in [-0.3, -0.25) is 9.36 Å². The first-order valence-electron chi connectivity index (χ1n) is 10.8. The average Bonchev–Trinajstić information content (AvgIpc) is 3.03. The standard InChI is InChI=1S/C23H31N5O4/c1-6-7-11-32-21-25-19(27-23(2,3)4)18-20(26-21)28(22(30)24-18)14-16-10-8-9-15(12-16)13-17(29)31-5/h8-10,12H,6-7,11,13-14H2,1-5H3,(H,24,30)(H,25,26,27). The molecule has 0 aliphatic rings. The Morgan fingerprint density at radius 2 is 1.97 bits per heavy atom.